The van der Waals surface area contributed by atoms with E-state index >= 15 is 0 Å². The lowest BCUT2D eigenvalue weighted by Gasteiger charge is -2.42. The van der Waals surface area contributed by atoms with Crippen molar-refractivity contribution in [2.75, 3.05) is 0 Å². The minimum atomic E-state index is -0.163. The van der Waals surface area contributed by atoms with Crippen molar-refractivity contribution in [1.29, 1.82) is 0 Å². The Balaban J connectivity index is 1.98. The lowest BCUT2D eigenvalue weighted by atomic mass is 9.62. The zero-order valence-corrected chi connectivity index (χ0v) is 12.7. The molecule has 3 saturated carbocycles. The maximum absolute atomic E-state index is 11.3. The number of ether oxygens (including phenoxy) is 1. The molecular formula is C17H26O2. The highest BCUT2D eigenvalue weighted by Crippen LogP contribution is 2.72. The van der Waals surface area contributed by atoms with Crippen LogP contribution < -0.4 is 0 Å². The Morgan fingerprint density at radius 1 is 1.32 bits per heavy atom. The molecule has 0 heterocycles. The molecule has 2 bridgehead atoms. The highest BCUT2D eigenvalue weighted by molar-refractivity contribution is 5.66. The van der Waals surface area contributed by atoms with Crippen LogP contribution >= 0.6 is 0 Å². The fraction of sp³-hybridized carbons (Fsp3) is 0.824. The molecule has 106 valence electrons. The Morgan fingerprint density at radius 3 is 2.58 bits per heavy atom. The Kier molecular flexibility index (Phi) is 2.69. The average molecular weight is 262 g/mol. The molecule has 0 unspecified atom stereocenters. The van der Waals surface area contributed by atoms with E-state index in [1.165, 1.54) is 31.8 Å². The monoisotopic (exact) mass is 262 g/mol. The van der Waals surface area contributed by atoms with Crippen LogP contribution in [0.15, 0.2) is 12.2 Å². The number of rotatable bonds is 1. The van der Waals surface area contributed by atoms with Crippen molar-refractivity contribution < 1.29 is 9.53 Å². The van der Waals surface area contributed by atoms with Crippen LogP contribution in [0.3, 0.4) is 0 Å². The van der Waals surface area contributed by atoms with E-state index in [9.17, 15) is 4.79 Å². The molecule has 3 fully saturated rings. The molecule has 2 nitrogen and oxygen atoms in total. The lowest BCUT2D eigenvalue weighted by molar-refractivity contribution is -0.144. The second kappa shape index (κ2) is 3.86. The van der Waals surface area contributed by atoms with E-state index in [1.54, 1.807) is 0 Å². The van der Waals surface area contributed by atoms with Crippen LogP contribution in [0, 0.1) is 28.6 Å². The number of carbonyl (C=O) groups excluding carboxylic acids is 1. The van der Waals surface area contributed by atoms with Crippen LogP contribution in [0.5, 0.6) is 0 Å². The second-order valence-electron chi connectivity index (χ2n) is 7.76. The summed E-state index contributed by atoms with van der Waals surface area (Å²) in [6, 6.07) is 0. The molecule has 0 spiro atoms. The number of hydrogen-bond donors (Lipinski definition) is 0. The van der Waals surface area contributed by atoms with Gasteiger partial charge in [0, 0.05) is 12.3 Å². The normalized spacial score (nSPS) is 47.1. The zero-order valence-electron chi connectivity index (χ0n) is 12.7. The van der Waals surface area contributed by atoms with E-state index in [4.69, 9.17) is 4.74 Å². The molecule has 0 amide bonds. The van der Waals surface area contributed by atoms with E-state index in [0.29, 0.717) is 17.3 Å². The first-order valence-electron chi connectivity index (χ1n) is 7.65. The number of hydrogen-bond acceptors (Lipinski definition) is 2. The molecule has 0 saturated heterocycles. The summed E-state index contributed by atoms with van der Waals surface area (Å²) in [7, 11) is 0. The van der Waals surface area contributed by atoms with Gasteiger partial charge in [0.25, 0.3) is 0 Å². The summed E-state index contributed by atoms with van der Waals surface area (Å²) in [4.78, 5) is 11.3. The predicted molar refractivity (Wildman–Crippen MR) is 75.5 cm³/mol. The van der Waals surface area contributed by atoms with Gasteiger partial charge in [0.05, 0.1) is 0 Å². The third-order valence-electron chi connectivity index (χ3n) is 6.45. The molecule has 0 N–H and O–H groups in total. The van der Waals surface area contributed by atoms with Crippen molar-refractivity contribution in [3.8, 4) is 0 Å². The Hall–Kier alpha value is -0.790. The van der Waals surface area contributed by atoms with Crippen LogP contribution in [-0.2, 0) is 9.53 Å². The van der Waals surface area contributed by atoms with Crippen LogP contribution in [0.1, 0.15) is 53.4 Å². The Bertz CT molecular complexity index is 437. The molecular weight excluding hydrogens is 236 g/mol. The first kappa shape index (κ1) is 13.2. The van der Waals surface area contributed by atoms with Gasteiger partial charge in [0.2, 0.25) is 0 Å². The van der Waals surface area contributed by atoms with E-state index < -0.39 is 0 Å². The third kappa shape index (κ3) is 1.58. The molecule has 2 heteroatoms. The Labute approximate surface area is 116 Å². The van der Waals surface area contributed by atoms with Crippen molar-refractivity contribution in [3.63, 3.8) is 0 Å². The Morgan fingerprint density at radius 2 is 2.00 bits per heavy atom. The molecule has 3 aliphatic rings. The van der Waals surface area contributed by atoms with E-state index in [-0.39, 0.29) is 17.5 Å². The standard InChI is InChI=1S/C17H26O2/c1-10-6-7-13-14-8-15(19-12(3)18)11(2)17(10,14)9-16(13,4)5/h10,13-15H,2,6-9H2,1,3-5H3/t10-,13-,14-,15+,17+/m0/s1. The van der Waals surface area contributed by atoms with Gasteiger partial charge in [-0.1, -0.05) is 27.4 Å². The van der Waals surface area contributed by atoms with E-state index in [0.717, 1.165) is 12.3 Å². The largest absolute Gasteiger partial charge is 0.458 e. The first-order valence-corrected chi connectivity index (χ1v) is 7.65. The van der Waals surface area contributed by atoms with Crippen LogP contribution in [0.25, 0.3) is 0 Å². The summed E-state index contributed by atoms with van der Waals surface area (Å²) < 4.78 is 5.54. The summed E-state index contributed by atoms with van der Waals surface area (Å²) in [5.74, 6) is 1.98. The van der Waals surface area contributed by atoms with Gasteiger partial charge in [-0.2, -0.15) is 0 Å². The fourth-order valence-electron chi connectivity index (χ4n) is 5.77. The van der Waals surface area contributed by atoms with Gasteiger partial charge in [-0.3, -0.25) is 4.79 Å². The van der Waals surface area contributed by atoms with Crippen LogP contribution in [-0.4, -0.2) is 12.1 Å². The van der Waals surface area contributed by atoms with Crippen molar-refractivity contribution in [2.45, 2.75) is 59.5 Å². The lowest BCUT2D eigenvalue weighted by Crippen LogP contribution is -2.36. The first-order chi connectivity index (χ1) is 8.79. The molecule has 3 rings (SSSR count). The summed E-state index contributed by atoms with van der Waals surface area (Å²) in [5, 5.41) is 0. The number of esters is 1. The highest BCUT2D eigenvalue weighted by atomic mass is 16.5. The van der Waals surface area contributed by atoms with E-state index in [1.807, 2.05) is 0 Å². The van der Waals surface area contributed by atoms with E-state index in [2.05, 4.69) is 27.4 Å². The van der Waals surface area contributed by atoms with Gasteiger partial charge < -0.3 is 4.74 Å². The smallest absolute Gasteiger partial charge is 0.303 e. The molecule has 0 aliphatic heterocycles. The van der Waals surface area contributed by atoms with Crippen molar-refractivity contribution in [1.82, 2.24) is 0 Å². The van der Waals surface area contributed by atoms with Crippen LogP contribution in [0.2, 0.25) is 0 Å². The van der Waals surface area contributed by atoms with Gasteiger partial charge >= 0.3 is 5.97 Å². The minimum absolute atomic E-state index is 0.0263. The van der Waals surface area contributed by atoms with Gasteiger partial charge in [0.1, 0.15) is 6.10 Å². The number of carbonyl (C=O) groups is 1. The zero-order chi connectivity index (χ0) is 14.0. The molecule has 19 heavy (non-hydrogen) atoms. The SMILES string of the molecule is C=C1[C@H](OC(C)=O)C[C@H]2[C@@H]3CC[C@H](C)[C@]12CC3(C)C. The summed E-state index contributed by atoms with van der Waals surface area (Å²) in [6.45, 7) is 13.1. The quantitative estimate of drug-likeness (QED) is 0.528. The average Bonchev–Trinajstić information content (AvgIpc) is 2.62. The van der Waals surface area contributed by atoms with Gasteiger partial charge in [-0.15, -0.1) is 0 Å². The predicted octanol–water partition coefficient (Wildman–Crippen LogP) is 3.96. The summed E-state index contributed by atoms with van der Waals surface area (Å²) in [6.07, 6.45) is 4.85. The highest BCUT2D eigenvalue weighted by Gasteiger charge is 2.66. The van der Waals surface area contributed by atoms with Gasteiger partial charge in [0.15, 0.2) is 0 Å². The maximum atomic E-state index is 11.3. The second-order valence-corrected chi connectivity index (χ2v) is 7.76. The molecule has 3 aliphatic carbocycles. The summed E-state index contributed by atoms with van der Waals surface area (Å²) in [5.41, 5.74) is 1.88. The molecule has 0 aromatic carbocycles. The molecule has 0 aromatic heterocycles. The van der Waals surface area contributed by atoms with Gasteiger partial charge in [-0.25, -0.2) is 0 Å². The maximum Gasteiger partial charge on any atom is 0.303 e. The fourth-order valence-corrected chi connectivity index (χ4v) is 5.77. The topological polar surface area (TPSA) is 26.3 Å². The summed E-state index contributed by atoms with van der Waals surface area (Å²) >= 11 is 0. The molecule has 0 radical (unpaired) electrons. The van der Waals surface area contributed by atoms with Crippen molar-refractivity contribution >= 4 is 5.97 Å². The van der Waals surface area contributed by atoms with Crippen LogP contribution in [0.4, 0.5) is 0 Å². The van der Waals surface area contributed by atoms with Crippen molar-refractivity contribution in [2.24, 2.45) is 28.6 Å². The third-order valence-corrected chi connectivity index (χ3v) is 6.45. The minimum Gasteiger partial charge on any atom is -0.458 e. The molecule has 5 atom stereocenters. The molecule has 0 aromatic rings. The van der Waals surface area contributed by atoms with Gasteiger partial charge in [-0.05, 0) is 54.4 Å². The van der Waals surface area contributed by atoms with Crippen molar-refractivity contribution in [3.05, 3.63) is 12.2 Å².